The molecule has 3 N–H and O–H groups in total. The van der Waals surface area contributed by atoms with Gasteiger partial charge in [-0.25, -0.2) is 0 Å². The van der Waals surface area contributed by atoms with Gasteiger partial charge in [-0.3, -0.25) is 9.59 Å². The number of amides is 1. The molecule has 0 aliphatic heterocycles. The molecule has 0 aromatic heterocycles. The van der Waals surface area contributed by atoms with Crippen molar-refractivity contribution in [1.82, 2.24) is 5.32 Å². The Bertz CT molecular complexity index is 1040. The van der Waals surface area contributed by atoms with Crippen LogP contribution in [0.15, 0.2) is 48.6 Å². The number of esters is 1. The van der Waals surface area contributed by atoms with E-state index in [9.17, 15) is 19.8 Å². The quantitative estimate of drug-likeness (QED) is 0.0322. The summed E-state index contributed by atoms with van der Waals surface area (Å²) in [6.45, 7) is 6.44. The zero-order valence-corrected chi connectivity index (χ0v) is 39.8. The van der Waals surface area contributed by atoms with Crippen molar-refractivity contribution in [3.05, 3.63) is 48.6 Å². The maximum Gasteiger partial charge on any atom is 0.306 e. The third-order valence-corrected chi connectivity index (χ3v) is 11.6. The number of rotatable bonds is 46. The molecule has 0 aromatic rings. The van der Waals surface area contributed by atoms with Crippen LogP contribution >= 0.6 is 0 Å². The third kappa shape index (κ3) is 42.5. The van der Waals surface area contributed by atoms with Gasteiger partial charge in [0.25, 0.3) is 0 Å². The maximum atomic E-state index is 13.2. The van der Waals surface area contributed by atoms with Gasteiger partial charge in [0.05, 0.1) is 25.2 Å². The van der Waals surface area contributed by atoms with E-state index in [-0.39, 0.29) is 24.9 Å². The second-order valence-electron chi connectivity index (χ2n) is 17.6. The standard InChI is InChI=1S/C54H99NO5/c1-4-7-10-13-16-19-22-25-26-27-28-29-32-35-38-41-44-47-54(59)60-50(45-42-39-36-33-30-23-20-17-14-11-8-5-2)48-53(58)55-51(49-56)52(57)46-43-40-37-34-31-24-21-18-15-12-9-6-3/h16,19,25-26,28-29,33,36,50-52,56-57H,4-15,17-18,20-24,27,30-32,34-35,37-49H2,1-3H3,(H,55,58)/b19-16-,26-25-,29-28-,36-33-. The molecule has 3 atom stereocenters. The molecule has 60 heavy (non-hydrogen) atoms. The van der Waals surface area contributed by atoms with Gasteiger partial charge in [-0.2, -0.15) is 0 Å². The Hall–Kier alpha value is -2.18. The molecule has 0 heterocycles. The second-order valence-corrected chi connectivity index (χ2v) is 17.6. The molecule has 0 bridgehead atoms. The van der Waals surface area contributed by atoms with Gasteiger partial charge in [-0.15, -0.1) is 0 Å². The summed E-state index contributed by atoms with van der Waals surface area (Å²) in [7, 11) is 0. The van der Waals surface area contributed by atoms with Crippen LogP contribution in [0.3, 0.4) is 0 Å². The lowest BCUT2D eigenvalue weighted by atomic mass is 10.0. The molecule has 0 fully saturated rings. The SMILES string of the molecule is CCCCC/C=C\C/C=C\C/C=C\CCCCCCC(=O)OC(CCC/C=C\CCCCCCCCC)CC(=O)NC(CO)C(O)CCCCCCCCCCCCCC. The number of carbonyl (C=O) groups excluding carboxylic acids is 2. The number of aliphatic hydroxyl groups is 2. The van der Waals surface area contributed by atoms with Gasteiger partial charge in [-0.1, -0.05) is 211 Å². The van der Waals surface area contributed by atoms with Crippen molar-refractivity contribution < 1.29 is 24.5 Å². The zero-order chi connectivity index (χ0) is 43.8. The molecule has 3 unspecified atom stereocenters. The summed E-state index contributed by atoms with van der Waals surface area (Å²) in [5.41, 5.74) is 0. The lowest BCUT2D eigenvalue weighted by Gasteiger charge is -2.24. The van der Waals surface area contributed by atoms with Crippen LogP contribution in [-0.4, -0.2) is 46.9 Å². The van der Waals surface area contributed by atoms with Crippen LogP contribution in [0.1, 0.15) is 258 Å². The molecule has 0 saturated carbocycles. The predicted molar refractivity (Wildman–Crippen MR) is 259 cm³/mol. The second kappa shape index (κ2) is 47.9. The average Bonchev–Trinajstić information content (AvgIpc) is 3.24. The Morgan fingerprint density at radius 3 is 1.37 bits per heavy atom. The largest absolute Gasteiger partial charge is 0.462 e. The molecule has 0 aliphatic rings. The van der Waals surface area contributed by atoms with Gasteiger partial charge < -0.3 is 20.3 Å². The van der Waals surface area contributed by atoms with Gasteiger partial charge in [0.1, 0.15) is 6.10 Å². The minimum atomic E-state index is -0.797. The van der Waals surface area contributed by atoms with Crippen LogP contribution in [0.25, 0.3) is 0 Å². The monoisotopic (exact) mass is 842 g/mol. The van der Waals surface area contributed by atoms with Crippen molar-refractivity contribution in [2.75, 3.05) is 6.61 Å². The Kier molecular flexibility index (Phi) is 46.1. The van der Waals surface area contributed by atoms with E-state index in [1.165, 1.54) is 128 Å². The highest BCUT2D eigenvalue weighted by Gasteiger charge is 2.24. The summed E-state index contributed by atoms with van der Waals surface area (Å²) in [6.07, 6.45) is 57.4. The van der Waals surface area contributed by atoms with Crippen LogP contribution < -0.4 is 5.32 Å². The molecular weight excluding hydrogens is 743 g/mol. The van der Waals surface area contributed by atoms with E-state index < -0.39 is 18.2 Å². The average molecular weight is 842 g/mol. The van der Waals surface area contributed by atoms with Gasteiger partial charge in [0.15, 0.2) is 0 Å². The minimum absolute atomic E-state index is 0.0482. The maximum absolute atomic E-state index is 13.2. The van der Waals surface area contributed by atoms with Gasteiger partial charge in [0.2, 0.25) is 5.91 Å². The summed E-state index contributed by atoms with van der Waals surface area (Å²) >= 11 is 0. The molecule has 0 spiro atoms. The summed E-state index contributed by atoms with van der Waals surface area (Å²) in [4.78, 5) is 26.1. The van der Waals surface area contributed by atoms with Crippen LogP contribution in [0, 0.1) is 0 Å². The number of hydrogen-bond donors (Lipinski definition) is 3. The smallest absolute Gasteiger partial charge is 0.306 e. The fraction of sp³-hybridized carbons (Fsp3) is 0.815. The Balaban J connectivity index is 4.62. The number of aliphatic hydroxyl groups excluding tert-OH is 2. The summed E-state index contributed by atoms with van der Waals surface area (Å²) in [5.74, 6) is -0.524. The fourth-order valence-corrected chi connectivity index (χ4v) is 7.67. The molecule has 0 aromatic carbocycles. The molecule has 0 aliphatic carbocycles. The number of hydrogen-bond acceptors (Lipinski definition) is 5. The number of nitrogens with one attached hydrogen (secondary N) is 1. The van der Waals surface area contributed by atoms with Crippen LogP contribution in [0.2, 0.25) is 0 Å². The van der Waals surface area contributed by atoms with Gasteiger partial charge in [-0.05, 0) is 83.5 Å². The van der Waals surface area contributed by atoms with E-state index in [0.717, 1.165) is 83.5 Å². The molecule has 6 nitrogen and oxygen atoms in total. The highest BCUT2D eigenvalue weighted by atomic mass is 16.5. The Labute approximate surface area is 372 Å². The summed E-state index contributed by atoms with van der Waals surface area (Å²) in [5, 5.41) is 23.7. The number of allylic oxidation sites excluding steroid dienone is 8. The predicted octanol–water partition coefficient (Wildman–Crippen LogP) is 15.5. The first kappa shape index (κ1) is 57.8. The molecule has 350 valence electrons. The van der Waals surface area contributed by atoms with Crippen LogP contribution in [0.5, 0.6) is 0 Å². The normalized spacial score (nSPS) is 13.6. The Morgan fingerprint density at radius 1 is 0.483 bits per heavy atom. The first-order valence-corrected chi connectivity index (χ1v) is 25.9. The lowest BCUT2D eigenvalue weighted by Crippen LogP contribution is -2.46. The van der Waals surface area contributed by atoms with Gasteiger partial charge in [0, 0.05) is 6.42 Å². The van der Waals surface area contributed by atoms with Crippen molar-refractivity contribution in [2.45, 2.75) is 277 Å². The topological polar surface area (TPSA) is 95.9 Å². The third-order valence-electron chi connectivity index (χ3n) is 11.6. The van der Waals surface area contributed by atoms with Crippen LogP contribution in [-0.2, 0) is 14.3 Å². The number of unbranched alkanes of at least 4 members (excludes halogenated alkanes) is 26. The molecule has 6 heteroatoms. The van der Waals surface area contributed by atoms with Crippen LogP contribution in [0.4, 0.5) is 0 Å². The molecule has 0 saturated heterocycles. The van der Waals surface area contributed by atoms with Crippen molar-refractivity contribution in [3.63, 3.8) is 0 Å². The highest BCUT2D eigenvalue weighted by molar-refractivity contribution is 5.77. The first-order valence-electron chi connectivity index (χ1n) is 25.9. The van der Waals surface area contributed by atoms with Crippen molar-refractivity contribution in [3.8, 4) is 0 Å². The van der Waals surface area contributed by atoms with Crippen molar-refractivity contribution in [1.29, 1.82) is 0 Å². The van der Waals surface area contributed by atoms with Gasteiger partial charge >= 0.3 is 5.97 Å². The summed E-state index contributed by atoms with van der Waals surface area (Å²) in [6, 6.07) is -0.713. The lowest BCUT2D eigenvalue weighted by molar-refractivity contribution is -0.151. The van der Waals surface area contributed by atoms with Crippen molar-refractivity contribution >= 4 is 11.9 Å². The van der Waals surface area contributed by atoms with Crippen molar-refractivity contribution in [2.24, 2.45) is 0 Å². The van der Waals surface area contributed by atoms with E-state index in [4.69, 9.17) is 4.74 Å². The van der Waals surface area contributed by atoms with E-state index in [0.29, 0.717) is 19.3 Å². The van der Waals surface area contributed by atoms with E-state index in [1.54, 1.807) is 0 Å². The number of carbonyl (C=O) groups is 2. The fourth-order valence-electron chi connectivity index (χ4n) is 7.67. The summed E-state index contributed by atoms with van der Waals surface area (Å²) < 4.78 is 5.90. The van der Waals surface area contributed by atoms with E-state index in [1.807, 2.05) is 0 Å². The van der Waals surface area contributed by atoms with E-state index in [2.05, 4.69) is 74.7 Å². The molecule has 1 amide bonds. The first-order chi connectivity index (χ1) is 29.5. The van der Waals surface area contributed by atoms with E-state index >= 15 is 0 Å². The molecular formula is C54H99NO5. The number of ether oxygens (including phenoxy) is 1. The zero-order valence-electron chi connectivity index (χ0n) is 39.8. The minimum Gasteiger partial charge on any atom is -0.462 e. The molecule has 0 rings (SSSR count). The Morgan fingerprint density at radius 2 is 0.867 bits per heavy atom. The highest BCUT2D eigenvalue weighted by Crippen LogP contribution is 2.17. The molecule has 0 radical (unpaired) electrons.